The molecule has 0 radical (unpaired) electrons. The lowest BCUT2D eigenvalue weighted by molar-refractivity contribution is 0.183. The average molecular weight is 211 g/mol. The zero-order valence-corrected chi connectivity index (χ0v) is 9.86. The van der Waals surface area contributed by atoms with E-state index in [0.717, 1.165) is 25.3 Å². The van der Waals surface area contributed by atoms with Crippen molar-refractivity contribution in [2.24, 2.45) is 5.92 Å². The summed E-state index contributed by atoms with van der Waals surface area (Å²) in [5.41, 5.74) is 1.09. The fraction of sp³-hybridized carbons (Fsp3) is 0.727. The highest BCUT2D eigenvalue weighted by atomic mass is 16.5. The molecule has 0 aromatic carbocycles. The second kappa shape index (κ2) is 6.58. The predicted molar refractivity (Wildman–Crippen MR) is 60.6 cm³/mol. The maximum Gasteiger partial charge on any atom is 0.0762 e. The number of methoxy groups -OCH3 is 1. The van der Waals surface area contributed by atoms with E-state index >= 15 is 0 Å². The van der Waals surface area contributed by atoms with Crippen molar-refractivity contribution in [2.75, 3.05) is 20.3 Å². The first-order valence-electron chi connectivity index (χ1n) is 5.44. The number of nitrogens with one attached hydrogen (secondary N) is 1. The third-order valence-electron chi connectivity index (χ3n) is 2.08. The van der Waals surface area contributed by atoms with Crippen LogP contribution in [0.1, 0.15) is 19.5 Å². The van der Waals surface area contributed by atoms with Crippen LogP contribution in [0.5, 0.6) is 0 Å². The van der Waals surface area contributed by atoms with Crippen molar-refractivity contribution in [1.29, 1.82) is 0 Å². The monoisotopic (exact) mass is 211 g/mol. The van der Waals surface area contributed by atoms with Gasteiger partial charge >= 0.3 is 0 Å². The lowest BCUT2D eigenvalue weighted by Gasteiger charge is -2.05. The predicted octanol–water partition coefficient (Wildman–Crippen LogP) is 1.28. The minimum absolute atomic E-state index is 0.681. The van der Waals surface area contributed by atoms with Gasteiger partial charge < -0.3 is 10.1 Å². The normalized spacial score (nSPS) is 11.2. The zero-order chi connectivity index (χ0) is 11.1. The molecule has 1 aromatic rings. The molecule has 4 nitrogen and oxygen atoms in total. The number of rotatable bonds is 7. The Kier molecular flexibility index (Phi) is 5.36. The largest absolute Gasteiger partial charge is 0.383 e. The summed E-state index contributed by atoms with van der Waals surface area (Å²) < 4.78 is 6.90. The van der Waals surface area contributed by atoms with Gasteiger partial charge in [0, 0.05) is 19.9 Å². The fourth-order valence-corrected chi connectivity index (χ4v) is 1.30. The molecular weight excluding hydrogens is 190 g/mol. The van der Waals surface area contributed by atoms with Crippen molar-refractivity contribution in [3.63, 3.8) is 0 Å². The van der Waals surface area contributed by atoms with Crippen LogP contribution in [0.4, 0.5) is 0 Å². The summed E-state index contributed by atoms with van der Waals surface area (Å²) in [5.74, 6) is 0.681. The smallest absolute Gasteiger partial charge is 0.0762 e. The maximum atomic E-state index is 4.99. The molecule has 1 heterocycles. The van der Waals surface area contributed by atoms with E-state index in [1.807, 2.05) is 16.9 Å². The highest BCUT2D eigenvalue weighted by molar-refractivity contribution is 4.98. The molecule has 0 spiro atoms. The van der Waals surface area contributed by atoms with Crippen LogP contribution in [0, 0.1) is 5.92 Å². The maximum absolute atomic E-state index is 4.99. The Morgan fingerprint density at radius 2 is 2.33 bits per heavy atom. The third kappa shape index (κ3) is 4.95. The quantitative estimate of drug-likeness (QED) is 0.738. The van der Waals surface area contributed by atoms with Gasteiger partial charge in [-0.3, -0.25) is 4.68 Å². The van der Waals surface area contributed by atoms with Gasteiger partial charge in [0.2, 0.25) is 0 Å². The van der Waals surface area contributed by atoms with Gasteiger partial charge in [-0.2, -0.15) is 5.10 Å². The molecule has 0 saturated heterocycles. The Morgan fingerprint density at radius 3 is 3.00 bits per heavy atom. The van der Waals surface area contributed by atoms with Crippen molar-refractivity contribution in [1.82, 2.24) is 15.1 Å². The standard InChI is InChI=1S/C11H21N3O/c1-10(2)8-12-9-11-4-5-14(13-11)6-7-15-3/h4-5,10,12H,6-9H2,1-3H3. The topological polar surface area (TPSA) is 39.1 Å². The van der Waals surface area contributed by atoms with Crippen LogP contribution >= 0.6 is 0 Å². The van der Waals surface area contributed by atoms with Crippen molar-refractivity contribution < 1.29 is 4.74 Å². The van der Waals surface area contributed by atoms with Gasteiger partial charge in [0.05, 0.1) is 18.8 Å². The fourth-order valence-electron chi connectivity index (χ4n) is 1.30. The van der Waals surface area contributed by atoms with E-state index in [9.17, 15) is 0 Å². The van der Waals surface area contributed by atoms with Crippen LogP contribution in [0.3, 0.4) is 0 Å². The SMILES string of the molecule is COCCn1ccc(CNCC(C)C)n1. The third-order valence-corrected chi connectivity index (χ3v) is 2.08. The van der Waals surface area contributed by atoms with Crippen molar-refractivity contribution in [3.8, 4) is 0 Å². The Bertz CT molecular complexity index is 271. The lowest BCUT2D eigenvalue weighted by Crippen LogP contribution is -2.19. The Balaban J connectivity index is 2.26. The van der Waals surface area contributed by atoms with Gasteiger partial charge in [-0.15, -0.1) is 0 Å². The first-order valence-corrected chi connectivity index (χ1v) is 5.44. The molecule has 1 N–H and O–H groups in total. The van der Waals surface area contributed by atoms with E-state index in [2.05, 4.69) is 24.3 Å². The summed E-state index contributed by atoms with van der Waals surface area (Å²) >= 11 is 0. The first kappa shape index (κ1) is 12.2. The van der Waals surface area contributed by atoms with E-state index < -0.39 is 0 Å². The van der Waals surface area contributed by atoms with Crippen LogP contribution in [0.25, 0.3) is 0 Å². The highest BCUT2D eigenvalue weighted by Crippen LogP contribution is 1.96. The van der Waals surface area contributed by atoms with Gasteiger partial charge in [0.25, 0.3) is 0 Å². The van der Waals surface area contributed by atoms with Crippen molar-refractivity contribution >= 4 is 0 Å². The number of ether oxygens (including phenoxy) is 1. The van der Waals surface area contributed by atoms with Gasteiger partial charge in [0.15, 0.2) is 0 Å². The molecule has 1 aromatic heterocycles. The minimum Gasteiger partial charge on any atom is -0.383 e. The number of hydrogen-bond donors (Lipinski definition) is 1. The molecule has 0 atom stereocenters. The molecule has 0 aliphatic rings. The van der Waals surface area contributed by atoms with Gasteiger partial charge in [-0.1, -0.05) is 13.8 Å². The molecule has 0 aliphatic heterocycles. The molecule has 0 amide bonds. The first-order chi connectivity index (χ1) is 7.22. The molecule has 0 unspecified atom stereocenters. The van der Waals surface area contributed by atoms with Crippen LogP contribution < -0.4 is 5.32 Å². The Labute approximate surface area is 91.6 Å². The molecule has 4 heteroatoms. The van der Waals surface area contributed by atoms with Crippen molar-refractivity contribution in [3.05, 3.63) is 18.0 Å². The van der Waals surface area contributed by atoms with E-state index in [0.29, 0.717) is 12.5 Å². The van der Waals surface area contributed by atoms with E-state index in [1.165, 1.54) is 0 Å². The Hall–Kier alpha value is -0.870. The second-order valence-corrected chi connectivity index (χ2v) is 4.09. The summed E-state index contributed by atoms with van der Waals surface area (Å²) in [6.07, 6.45) is 1.99. The molecule has 0 saturated carbocycles. The summed E-state index contributed by atoms with van der Waals surface area (Å²) in [7, 11) is 1.70. The van der Waals surface area contributed by atoms with Gasteiger partial charge in [-0.25, -0.2) is 0 Å². The van der Waals surface area contributed by atoms with Gasteiger partial charge in [-0.05, 0) is 18.5 Å². The highest BCUT2D eigenvalue weighted by Gasteiger charge is 1.99. The average Bonchev–Trinajstić information content (AvgIpc) is 2.62. The summed E-state index contributed by atoms with van der Waals surface area (Å²) in [5, 5.41) is 7.78. The van der Waals surface area contributed by atoms with E-state index in [-0.39, 0.29) is 0 Å². The molecule has 0 aliphatic carbocycles. The van der Waals surface area contributed by atoms with Crippen LogP contribution in [0.15, 0.2) is 12.3 Å². The van der Waals surface area contributed by atoms with Crippen LogP contribution in [0.2, 0.25) is 0 Å². The van der Waals surface area contributed by atoms with E-state index in [4.69, 9.17) is 4.74 Å². The minimum atomic E-state index is 0.681. The zero-order valence-electron chi connectivity index (χ0n) is 9.86. The van der Waals surface area contributed by atoms with E-state index in [1.54, 1.807) is 7.11 Å². The summed E-state index contributed by atoms with van der Waals surface area (Å²) in [6.45, 7) is 7.80. The molecule has 0 fully saturated rings. The molecule has 0 bridgehead atoms. The van der Waals surface area contributed by atoms with Crippen LogP contribution in [-0.4, -0.2) is 30.0 Å². The second-order valence-electron chi connectivity index (χ2n) is 4.09. The van der Waals surface area contributed by atoms with Crippen LogP contribution in [-0.2, 0) is 17.8 Å². The summed E-state index contributed by atoms with van der Waals surface area (Å²) in [6, 6.07) is 2.04. The Morgan fingerprint density at radius 1 is 1.53 bits per heavy atom. The molecule has 15 heavy (non-hydrogen) atoms. The summed E-state index contributed by atoms with van der Waals surface area (Å²) in [4.78, 5) is 0. The number of aromatic nitrogens is 2. The lowest BCUT2D eigenvalue weighted by atomic mass is 10.2. The number of hydrogen-bond acceptors (Lipinski definition) is 3. The molecular formula is C11H21N3O. The van der Waals surface area contributed by atoms with Crippen molar-refractivity contribution in [2.45, 2.75) is 26.9 Å². The van der Waals surface area contributed by atoms with Gasteiger partial charge in [0.1, 0.15) is 0 Å². The molecule has 1 rings (SSSR count). The number of nitrogens with zero attached hydrogens (tertiary/aromatic N) is 2. The molecule has 86 valence electrons.